The number of nitrogens with two attached hydrogens (primary N) is 1. The van der Waals surface area contributed by atoms with E-state index in [1.54, 1.807) is 0 Å². The number of benzene rings is 1. The first-order chi connectivity index (χ1) is 10.1. The van der Waals surface area contributed by atoms with Crippen LogP contribution >= 0.6 is 0 Å². The maximum atomic E-state index is 12.0. The smallest absolute Gasteiger partial charge is 0.251 e. The van der Waals surface area contributed by atoms with Crippen LogP contribution in [0.4, 0.5) is 0 Å². The van der Waals surface area contributed by atoms with Crippen LogP contribution < -0.4 is 11.1 Å². The summed E-state index contributed by atoms with van der Waals surface area (Å²) in [6, 6.07) is 9.31. The molecule has 0 unspecified atom stereocenters. The minimum absolute atomic E-state index is 0.359. The maximum absolute atomic E-state index is 12.0. The maximum Gasteiger partial charge on any atom is 0.251 e. The van der Waals surface area contributed by atoms with Gasteiger partial charge in [0.05, 0.1) is 17.7 Å². The molecule has 2 amide bonds. The van der Waals surface area contributed by atoms with Crippen LogP contribution in [0.25, 0.3) is 0 Å². The topological polar surface area (TPSA) is 120 Å². The molecule has 0 heterocycles. The monoisotopic (exact) mass is 284 g/mol. The summed E-state index contributed by atoms with van der Waals surface area (Å²) < 4.78 is 0. The molecule has 108 valence electrons. The molecule has 1 aromatic rings. The van der Waals surface area contributed by atoms with Crippen molar-refractivity contribution in [3.05, 3.63) is 35.4 Å². The van der Waals surface area contributed by atoms with Gasteiger partial charge in [0.25, 0.3) is 5.91 Å². The normalized spacial score (nSPS) is 11.0. The fourth-order valence-corrected chi connectivity index (χ4v) is 1.78. The lowest BCUT2D eigenvalue weighted by molar-refractivity contribution is -0.120. The Morgan fingerprint density at radius 3 is 2.38 bits per heavy atom. The number of carbonyl (C=O) groups excluding carboxylic acids is 2. The van der Waals surface area contributed by atoms with E-state index in [-0.39, 0.29) is 0 Å². The molecule has 0 fully saturated rings. The molecule has 21 heavy (non-hydrogen) atoms. The van der Waals surface area contributed by atoms with Gasteiger partial charge in [0.15, 0.2) is 0 Å². The predicted molar refractivity (Wildman–Crippen MR) is 75.7 cm³/mol. The highest BCUT2D eigenvalue weighted by Gasteiger charge is 2.18. The minimum atomic E-state index is -0.758. The molecule has 0 bridgehead atoms. The van der Waals surface area contributed by atoms with Crippen LogP contribution in [0.5, 0.6) is 0 Å². The number of primary amides is 1. The third kappa shape index (κ3) is 5.33. The average Bonchev–Trinajstić information content (AvgIpc) is 2.50. The van der Waals surface area contributed by atoms with Gasteiger partial charge in [-0.05, 0) is 43.5 Å². The van der Waals surface area contributed by atoms with Gasteiger partial charge in [0.1, 0.15) is 6.04 Å². The van der Waals surface area contributed by atoms with Crippen molar-refractivity contribution < 1.29 is 9.59 Å². The summed E-state index contributed by atoms with van der Waals surface area (Å²) >= 11 is 0. The lowest BCUT2D eigenvalue weighted by Crippen LogP contribution is -2.44. The lowest BCUT2D eigenvalue weighted by Gasteiger charge is -2.15. The lowest BCUT2D eigenvalue weighted by atomic mass is 10.1. The van der Waals surface area contributed by atoms with Gasteiger partial charge in [-0.3, -0.25) is 9.59 Å². The number of rotatable bonds is 7. The number of nitriles is 2. The summed E-state index contributed by atoms with van der Waals surface area (Å²) in [6.45, 7) is 0. The minimum Gasteiger partial charge on any atom is -0.368 e. The van der Waals surface area contributed by atoms with E-state index in [9.17, 15) is 9.59 Å². The van der Waals surface area contributed by atoms with Crippen LogP contribution in [0.15, 0.2) is 24.3 Å². The third-order valence-corrected chi connectivity index (χ3v) is 2.96. The summed E-state index contributed by atoms with van der Waals surface area (Å²) in [4.78, 5) is 23.3. The fraction of sp³-hybridized carbons (Fsp3) is 0.333. The van der Waals surface area contributed by atoms with E-state index in [0.29, 0.717) is 36.8 Å². The second-order valence-corrected chi connectivity index (χ2v) is 4.52. The molecule has 1 rings (SSSR count). The molecule has 6 nitrogen and oxygen atoms in total. The molecular weight excluding hydrogens is 268 g/mol. The molecule has 0 aliphatic heterocycles. The van der Waals surface area contributed by atoms with Crippen molar-refractivity contribution in [2.45, 2.75) is 31.7 Å². The van der Waals surface area contributed by atoms with Gasteiger partial charge in [-0.15, -0.1) is 0 Å². The number of hydrogen-bond donors (Lipinski definition) is 2. The molecule has 0 aromatic heterocycles. The van der Waals surface area contributed by atoms with Crippen LogP contribution in [0.2, 0.25) is 0 Å². The van der Waals surface area contributed by atoms with Gasteiger partial charge in [0, 0.05) is 12.0 Å². The Balaban J connectivity index is 2.61. The van der Waals surface area contributed by atoms with Crippen LogP contribution in [-0.4, -0.2) is 17.9 Å². The fourth-order valence-electron chi connectivity index (χ4n) is 1.78. The third-order valence-electron chi connectivity index (χ3n) is 2.96. The molecule has 0 aliphatic carbocycles. The van der Waals surface area contributed by atoms with Gasteiger partial charge >= 0.3 is 0 Å². The number of hydrogen-bond acceptors (Lipinski definition) is 4. The Bertz CT molecular complexity index is 581. The number of nitrogens with zero attached hydrogens (tertiary/aromatic N) is 2. The Morgan fingerprint density at radius 1 is 1.19 bits per heavy atom. The van der Waals surface area contributed by atoms with E-state index in [1.807, 2.05) is 12.1 Å². The van der Waals surface area contributed by atoms with Crippen molar-refractivity contribution in [2.24, 2.45) is 5.73 Å². The second kappa shape index (κ2) is 8.34. The van der Waals surface area contributed by atoms with Crippen molar-refractivity contribution in [2.75, 3.05) is 0 Å². The van der Waals surface area contributed by atoms with Crippen molar-refractivity contribution in [3.8, 4) is 12.1 Å². The van der Waals surface area contributed by atoms with Gasteiger partial charge in [-0.2, -0.15) is 10.5 Å². The largest absolute Gasteiger partial charge is 0.368 e. The molecule has 0 spiro atoms. The molecule has 0 radical (unpaired) electrons. The van der Waals surface area contributed by atoms with Gasteiger partial charge in [0.2, 0.25) is 5.91 Å². The van der Waals surface area contributed by atoms with Crippen molar-refractivity contribution >= 4 is 11.8 Å². The predicted octanol–water partition coefficient (Wildman–Crippen LogP) is 1.23. The van der Waals surface area contributed by atoms with E-state index in [2.05, 4.69) is 5.32 Å². The number of unbranched alkanes of at least 4 members (excludes halogenated alkanes) is 2. The first-order valence-corrected chi connectivity index (χ1v) is 6.55. The van der Waals surface area contributed by atoms with Crippen LogP contribution in [-0.2, 0) is 4.79 Å². The summed E-state index contributed by atoms with van der Waals surface area (Å²) in [6.07, 6.45) is 2.11. The van der Waals surface area contributed by atoms with Gasteiger partial charge < -0.3 is 11.1 Å². The average molecular weight is 284 g/mol. The zero-order chi connectivity index (χ0) is 15.7. The number of nitrogens with one attached hydrogen (secondary N) is 1. The van der Waals surface area contributed by atoms with E-state index >= 15 is 0 Å². The molecule has 0 saturated heterocycles. The Morgan fingerprint density at radius 2 is 1.86 bits per heavy atom. The molecule has 0 aliphatic rings. The van der Waals surface area contributed by atoms with Crippen LogP contribution in [0, 0.1) is 22.7 Å². The van der Waals surface area contributed by atoms with Crippen molar-refractivity contribution in [1.29, 1.82) is 10.5 Å². The van der Waals surface area contributed by atoms with Crippen LogP contribution in [0.3, 0.4) is 0 Å². The van der Waals surface area contributed by atoms with Crippen molar-refractivity contribution in [1.82, 2.24) is 5.32 Å². The summed E-state index contributed by atoms with van der Waals surface area (Å²) in [5.74, 6) is -1.02. The van der Waals surface area contributed by atoms with Gasteiger partial charge in [-0.25, -0.2) is 0 Å². The molecule has 0 saturated carbocycles. The zero-order valence-corrected chi connectivity index (χ0v) is 11.5. The number of amides is 2. The van der Waals surface area contributed by atoms with Crippen LogP contribution in [0.1, 0.15) is 41.6 Å². The van der Waals surface area contributed by atoms with E-state index in [1.165, 1.54) is 24.3 Å². The quantitative estimate of drug-likeness (QED) is 0.731. The molecule has 1 atom stereocenters. The van der Waals surface area contributed by atoms with E-state index in [0.717, 1.165) is 0 Å². The Labute approximate surface area is 123 Å². The van der Waals surface area contributed by atoms with E-state index < -0.39 is 17.9 Å². The molecule has 3 N–H and O–H groups in total. The zero-order valence-electron chi connectivity index (χ0n) is 11.5. The summed E-state index contributed by atoms with van der Waals surface area (Å²) in [5, 5.41) is 19.7. The molecular formula is C15H16N4O2. The number of carbonyl (C=O) groups is 2. The highest BCUT2D eigenvalue weighted by atomic mass is 16.2. The van der Waals surface area contributed by atoms with Crippen molar-refractivity contribution in [3.63, 3.8) is 0 Å². The SMILES string of the molecule is N#CCCCC[C@H](NC(=O)c1ccc(C#N)cc1)C(N)=O. The highest BCUT2D eigenvalue weighted by Crippen LogP contribution is 2.07. The molecule has 1 aromatic carbocycles. The first-order valence-electron chi connectivity index (χ1n) is 6.55. The van der Waals surface area contributed by atoms with E-state index in [4.69, 9.17) is 16.3 Å². The molecule has 6 heteroatoms. The summed E-state index contributed by atoms with van der Waals surface area (Å²) in [7, 11) is 0. The Kier molecular flexibility index (Phi) is 6.43. The summed E-state index contributed by atoms with van der Waals surface area (Å²) in [5.41, 5.74) is 6.07. The first kappa shape index (κ1) is 16.2. The second-order valence-electron chi connectivity index (χ2n) is 4.52. The van der Waals surface area contributed by atoms with Gasteiger partial charge in [-0.1, -0.05) is 0 Å². The standard InChI is InChI=1S/C15H16N4O2/c16-9-3-1-2-4-13(14(18)20)19-15(21)12-7-5-11(10-17)6-8-12/h5-8,13H,1-4H2,(H2,18,20)(H,19,21)/t13-/m0/s1. The highest BCUT2D eigenvalue weighted by molar-refractivity contribution is 5.97. The Hall–Kier alpha value is -2.86.